The summed E-state index contributed by atoms with van der Waals surface area (Å²) in [6.07, 6.45) is 1.49. The molecule has 2 aromatic rings. The molecule has 0 unspecified atom stereocenters. The van der Waals surface area contributed by atoms with Crippen LogP contribution < -0.4 is 15.4 Å². The summed E-state index contributed by atoms with van der Waals surface area (Å²) >= 11 is 0. The highest BCUT2D eigenvalue weighted by atomic mass is 16.5. The zero-order valence-corrected chi connectivity index (χ0v) is 15.4. The second-order valence-corrected chi connectivity index (χ2v) is 5.74. The fraction of sp³-hybridized carbons (Fsp3) is 0.500. The van der Waals surface area contributed by atoms with Gasteiger partial charge in [-0.05, 0) is 38.8 Å². The van der Waals surface area contributed by atoms with Gasteiger partial charge in [0.25, 0.3) is 0 Å². The molecule has 0 fully saturated rings. The molecule has 0 saturated carbocycles. The molecule has 7 nitrogen and oxygen atoms in total. The molecule has 25 heavy (non-hydrogen) atoms. The Bertz CT molecular complexity index is 697. The zero-order valence-electron chi connectivity index (χ0n) is 15.4. The van der Waals surface area contributed by atoms with Crippen LogP contribution >= 0.6 is 0 Å². The third-order valence-electron chi connectivity index (χ3n) is 3.63. The third kappa shape index (κ3) is 6.10. The molecule has 136 valence electrons. The zero-order chi connectivity index (χ0) is 18.1. The van der Waals surface area contributed by atoms with Crippen LogP contribution in [0.3, 0.4) is 0 Å². The number of hydrogen-bond acceptors (Lipinski definition) is 5. The van der Waals surface area contributed by atoms with Crippen LogP contribution in [0.15, 0.2) is 27.7 Å². The summed E-state index contributed by atoms with van der Waals surface area (Å²) in [5.74, 6) is 2.96. The molecule has 0 spiro atoms. The van der Waals surface area contributed by atoms with E-state index in [1.54, 1.807) is 7.11 Å². The van der Waals surface area contributed by atoms with Crippen molar-refractivity contribution >= 4 is 5.96 Å². The van der Waals surface area contributed by atoms with Gasteiger partial charge in [-0.2, -0.15) is 4.98 Å². The minimum atomic E-state index is 0.588. The van der Waals surface area contributed by atoms with Crippen molar-refractivity contribution in [2.45, 2.75) is 33.6 Å². The highest BCUT2D eigenvalue weighted by Gasteiger charge is 2.05. The molecule has 2 rings (SSSR count). The van der Waals surface area contributed by atoms with Gasteiger partial charge in [0.2, 0.25) is 5.89 Å². The summed E-state index contributed by atoms with van der Waals surface area (Å²) in [7, 11) is 1.70. The molecule has 1 aromatic heterocycles. The molecule has 2 N–H and O–H groups in total. The lowest BCUT2D eigenvalue weighted by molar-refractivity contribution is 0.376. The first-order valence-corrected chi connectivity index (χ1v) is 8.57. The van der Waals surface area contributed by atoms with Crippen molar-refractivity contribution in [2.24, 2.45) is 4.99 Å². The van der Waals surface area contributed by atoms with Gasteiger partial charge in [-0.3, -0.25) is 4.99 Å². The molecule has 1 heterocycles. The number of hydrogen-bond donors (Lipinski definition) is 2. The van der Waals surface area contributed by atoms with E-state index in [1.807, 2.05) is 19.9 Å². The van der Waals surface area contributed by atoms with Crippen LogP contribution in [-0.2, 0) is 12.8 Å². The number of nitrogens with zero attached hydrogens (tertiary/aromatic N) is 3. The first-order valence-electron chi connectivity index (χ1n) is 8.57. The van der Waals surface area contributed by atoms with Gasteiger partial charge in [0.1, 0.15) is 5.75 Å². The number of aromatic nitrogens is 2. The standard InChI is InChI=1S/C18H27N5O2/c1-5-19-18(21-11-9-17-22-14(3)23-25-17)20-10-8-15-12-13(2)6-7-16(15)24-4/h6-7,12H,5,8-11H2,1-4H3,(H2,19,20,21). The lowest BCUT2D eigenvalue weighted by Crippen LogP contribution is -2.38. The Kier molecular flexibility index (Phi) is 7.25. The van der Waals surface area contributed by atoms with Crippen molar-refractivity contribution in [2.75, 3.05) is 26.7 Å². The first-order chi connectivity index (χ1) is 12.1. The Morgan fingerprint density at radius 1 is 1.24 bits per heavy atom. The summed E-state index contributed by atoms with van der Waals surface area (Å²) in [5, 5.41) is 10.4. The summed E-state index contributed by atoms with van der Waals surface area (Å²) in [4.78, 5) is 8.73. The molecule has 0 aliphatic heterocycles. The molecular formula is C18H27N5O2. The Morgan fingerprint density at radius 3 is 2.76 bits per heavy atom. The van der Waals surface area contributed by atoms with E-state index in [4.69, 9.17) is 9.26 Å². The second kappa shape index (κ2) is 9.66. The summed E-state index contributed by atoms with van der Waals surface area (Å²) in [6, 6.07) is 6.22. The lowest BCUT2D eigenvalue weighted by atomic mass is 10.1. The average Bonchev–Trinajstić information content (AvgIpc) is 3.00. The predicted molar refractivity (Wildman–Crippen MR) is 98.2 cm³/mol. The summed E-state index contributed by atoms with van der Waals surface area (Å²) in [5.41, 5.74) is 2.42. The number of guanidine groups is 1. The number of benzene rings is 1. The largest absolute Gasteiger partial charge is 0.496 e. The van der Waals surface area contributed by atoms with Gasteiger partial charge >= 0.3 is 0 Å². The minimum Gasteiger partial charge on any atom is -0.496 e. The Hall–Kier alpha value is -2.57. The Morgan fingerprint density at radius 2 is 2.08 bits per heavy atom. The molecule has 0 atom stereocenters. The van der Waals surface area contributed by atoms with E-state index in [1.165, 1.54) is 11.1 Å². The van der Waals surface area contributed by atoms with Gasteiger partial charge in [0.15, 0.2) is 11.8 Å². The van der Waals surface area contributed by atoms with Crippen LogP contribution in [0.1, 0.15) is 29.8 Å². The van der Waals surface area contributed by atoms with Crippen molar-refractivity contribution in [3.05, 3.63) is 41.0 Å². The predicted octanol–water partition coefficient (Wildman–Crippen LogP) is 2.04. The van der Waals surface area contributed by atoms with Crippen LogP contribution in [0.4, 0.5) is 0 Å². The monoisotopic (exact) mass is 345 g/mol. The molecule has 0 saturated heterocycles. The number of ether oxygens (including phenoxy) is 1. The highest BCUT2D eigenvalue weighted by molar-refractivity contribution is 5.79. The molecule has 0 amide bonds. The molecule has 0 aliphatic carbocycles. The topological polar surface area (TPSA) is 84.6 Å². The van der Waals surface area contributed by atoms with E-state index in [-0.39, 0.29) is 0 Å². The van der Waals surface area contributed by atoms with Gasteiger partial charge in [0.05, 0.1) is 13.7 Å². The molecule has 7 heteroatoms. The van der Waals surface area contributed by atoms with Crippen molar-refractivity contribution in [1.82, 2.24) is 20.8 Å². The van der Waals surface area contributed by atoms with Crippen molar-refractivity contribution < 1.29 is 9.26 Å². The third-order valence-corrected chi connectivity index (χ3v) is 3.63. The molecule has 1 aromatic carbocycles. The fourth-order valence-corrected chi connectivity index (χ4v) is 2.46. The van der Waals surface area contributed by atoms with E-state index < -0.39 is 0 Å². The van der Waals surface area contributed by atoms with E-state index in [0.29, 0.717) is 24.7 Å². The van der Waals surface area contributed by atoms with Crippen LogP contribution in [0.2, 0.25) is 0 Å². The van der Waals surface area contributed by atoms with E-state index in [0.717, 1.165) is 31.2 Å². The lowest BCUT2D eigenvalue weighted by Gasteiger charge is -2.13. The maximum absolute atomic E-state index is 5.42. The minimum absolute atomic E-state index is 0.588. The first kappa shape index (κ1) is 18.8. The Labute approximate surface area is 148 Å². The smallest absolute Gasteiger partial charge is 0.228 e. The maximum Gasteiger partial charge on any atom is 0.228 e. The molecule has 0 radical (unpaired) electrons. The van der Waals surface area contributed by atoms with E-state index in [9.17, 15) is 0 Å². The van der Waals surface area contributed by atoms with E-state index >= 15 is 0 Å². The highest BCUT2D eigenvalue weighted by Crippen LogP contribution is 2.19. The van der Waals surface area contributed by atoms with Gasteiger partial charge in [0, 0.05) is 19.5 Å². The number of aryl methyl sites for hydroxylation is 2. The number of nitrogens with one attached hydrogen (secondary N) is 2. The normalized spacial score (nSPS) is 11.4. The van der Waals surface area contributed by atoms with Gasteiger partial charge in [-0.15, -0.1) is 0 Å². The van der Waals surface area contributed by atoms with Crippen LogP contribution in [0, 0.1) is 13.8 Å². The van der Waals surface area contributed by atoms with Gasteiger partial charge in [-0.25, -0.2) is 0 Å². The quantitative estimate of drug-likeness (QED) is 0.562. The SMILES string of the molecule is CCNC(=NCCc1nc(C)no1)NCCc1cc(C)ccc1OC. The van der Waals surface area contributed by atoms with Crippen LogP contribution in [0.25, 0.3) is 0 Å². The molecule has 0 bridgehead atoms. The van der Waals surface area contributed by atoms with Crippen molar-refractivity contribution in [3.63, 3.8) is 0 Å². The Balaban J connectivity index is 1.86. The number of rotatable bonds is 8. The summed E-state index contributed by atoms with van der Waals surface area (Å²) in [6.45, 7) is 8.10. The van der Waals surface area contributed by atoms with Crippen LogP contribution in [0.5, 0.6) is 5.75 Å². The van der Waals surface area contributed by atoms with Gasteiger partial charge in [-0.1, -0.05) is 22.9 Å². The second-order valence-electron chi connectivity index (χ2n) is 5.74. The number of aliphatic imine (C=N–C) groups is 1. The fourth-order valence-electron chi connectivity index (χ4n) is 2.46. The van der Waals surface area contributed by atoms with Gasteiger partial charge < -0.3 is 19.9 Å². The summed E-state index contributed by atoms with van der Waals surface area (Å²) < 4.78 is 10.5. The van der Waals surface area contributed by atoms with Crippen molar-refractivity contribution in [3.8, 4) is 5.75 Å². The maximum atomic E-state index is 5.42. The molecule has 0 aliphatic rings. The number of methoxy groups -OCH3 is 1. The van der Waals surface area contributed by atoms with Crippen molar-refractivity contribution in [1.29, 1.82) is 0 Å². The average molecular weight is 345 g/mol. The van der Waals surface area contributed by atoms with E-state index in [2.05, 4.69) is 44.8 Å². The molecular weight excluding hydrogens is 318 g/mol. The van der Waals surface area contributed by atoms with Crippen LogP contribution in [-0.4, -0.2) is 42.8 Å².